The van der Waals surface area contributed by atoms with Gasteiger partial charge >= 0.3 is 5.97 Å². The number of aryl methyl sites for hydroxylation is 1. The molecule has 0 aliphatic carbocycles. The lowest BCUT2D eigenvalue weighted by molar-refractivity contribution is -0.130. The summed E-state index contributed by atoms with van der Waals surface area (Å²) < 4.78 is 11.2. The highest BCUT2D eigenvalue weighted by Crippen LogP contribution is 2.33. The van der Waals surface area contributed by atoms with Crippen molar-refractivity contribution in [1.82, 2.24) is 0 Å². The summed E-state index contributed by atoms with van der Waals surface area (Å²) in [5.41, 5.74) is 0.961. The van der Waals surface area contributed by atoms with Crippen LogP contribution in [0.2, 0.25) is 0 Å². The molecule has 6 nitrogen and oxygen atoms in total. The van der Waals surface area contributed by atoms with Gasteiger partial charge in [-0.25, -0.2) is 4.79 Å². The fraction of sp³-hybridized carbons (Fsp3) is 0.647. The Morgan fingerprint density at radius 2 is 2.21 bits per heavy atom. The molecule has 2 rings (SSSR count). The average molecular weight is 355 g/mol. The summed E-state index contributed by atoms with van der Waals surface area (Å²) in [6, 6.07) is 0. The summed E-state index contributed by atoms with van der Waals surface area (Å²) in [5.74, 6) is -1.35. The summed E-state index contributed by atoms with van der Waals surface area (Å²) in [4.78, 5) is 24.7. The normalized spacial score (nSPS) is 19.0. The predicted molar refractivity (Wildman–Crippen MR) is 93.0 cm³/mol. The monoisotopic (exact) mass is 355 g/mol. The second-order valence-electron chi connectivity index (χ2n) is 5.95. The lowest BCUT2D eigenvalue weighted by atomic mass is 10.1. The zero-order valence-corrected chi connectivity index (χ0v) is 15.2. The van der Waals surface area contributed by atoms with Gasteiger partial charge in [-0.1, -0.05) is 6.92 Å². The molecule has 0 saturated carbocycles. The highest BCUT2D eigenvalue weighted by molar-refractivity contribution is 7.16. The van der Waals surface area contributed by atoms with Gasteiger partial charge in [0.15, 0.2) is 0 Å². The molecule has 0 radical (unpaired) electrons. The van der Waals surface area contributed by atoms with E-state index in [-0.39, 0.29) is 17.6 Å². The Bertz CT molecular complexity index is 592. The van der Waals surface area contributed by atoms with Crippen LogP contribution in [0.5, 0.6) is 0 Å². The van der Waals surface area contributed by atoms with Crippen molar-refractivity contribution in [2.45, 2.75) is 58.7 Å². The second-order valence-corrected chi connectivity index (χ2v) is 7.18. The van der Waals surface area contributed by atoms with E-state index in [1.165, 1.54) is 11.3 Å². The van der Waals surface area contributed by atoms with Crippen LogP contribution < -0.4 is 5.32 Å². The van der Waals surface area contributed by atoms with Crippen molar-refractivity contribution in [3.05, 3.63) is 16.0 Å². The lowest BCUT2D eigenvalue weighted by Crippen LogP contribution is -2.32. The van der Waals surface area contributed by atoms with E-state index < -0.39 is 12.1 Å². The first-order chi connectivity index (χ1) is 11.4. The number of carbonyl (C=O) groups excluding carboxylic acids is 1. The maximum Gasteiger partial charge on any atom is 0.339 e. The quantitative estimate of drug-likeness (QED) is 0.784. The van der Waals surface area contributed by atoms with Gasteiger partial charge in [-0.3, -0.25) is 4.79 Å². The maximum absolute atomic E-state index is 12.3. The van der Waals surface area contributed by atoms with Crippen molar-refractivity contribution in [2.75, 3.05) is 18.5 Å². The van der Waals surface area contributed by atoms with E-state index in [0.717, 1.165) is 36.3 Å². The zero-order valence-electron chi connectivity index (χ0n) is 14.4. The first-order valence-corrected chi connectivity index (χ1v) is 9.15. The van der Waals surface area contributed by atoms with Crippen molar-refractivity contribution >= 4 is 28.2 Å². The fourth-order valence-electron chi connectivity index (χ4n) is 2.80. The van der Waals surface area contributed by atoms with Crippen LogP contribution in [0.25, 0.3) is 0 Å². The van der Waals surface area contributed by atoms with E-state index in [2.05, 4.69) is 5.32 Å². The Morgan fingerprint density at radius 1 is 1.46 bits per heavy atom. The largest absolute Gasteiger partial charge is 0.478 e. The number of hydrogen-bond acceptors (Lipinski definition) is 5. The first kappa shape index (κ1) is 18.9. The van der Waals surface area contributed by atoms with Crippen molar-refractivity contribution in [3.63, 3.8) is 0 Å². The number of anilines is 1. The summed E-state index contributed by atoms with van der Waals surface area (Å²) >= 11 is 1.29. The van der Waals surface area contributed by atoms with E-state index in [1.54, 1.807) is 6.92 Å². The summed E-state index contributed by atoms with van der Waals surface area (Å²) in [6.45, 7) is 6.56. The third kappa shape index (κ3) is 4.55. The minimum Gasteiger partial charge on any atom is -0.478 e. The van der Waals surface area contributed by atoms with E-state index in [0.29, 0.717) is 18.0 Å². The van der Waals surface area contributed by atoms with Crippen LogP contribution >= 0.6 is 11.3 Å². The van der Waals surface area contributed by atoms with Gasteiger partial charge in [0.2, 0.25) is 0 Å². The number of carboxylic acids is 1. The van der Waals surface area contributed by atoms with Crippen molar-refractivity contribution in [2.24, 2.45) is 0 Å². The number of ether oxygens (including phenoxy) is 2. The Morgan fingerprint density at radius 3 is 2.79 bits per heavy atom. The second kappa shape index (κ2) is 8.60. The van der Waals surface area contributed by atoms with Gasteiger partial charge in [0, 0.05) is 11.5 Å². The standard InChI is InChI=1S/C17H25NO5S/c1-4-13-11(3)24-16(14(13)17(20)21)18-15(19)10(2)23-9-12-7-5-6-8-22-12/h10,12H,4-9H2,1-3H3,(H,18,19)(H,20,21). The Hall–Kier alpha value is -1.44. The van der Waals surface area contributed by atoms with E-state index in [9.17, 15) is 14.7 Å². The number of thiophene rings is 1. The van der Waals surface area contributed by atoms with Crippen LogP contribution in [0.4, 0.5) is 5.00 Å². The third-order valence-electron chi connectivity index (χ3n) is 4.19. The van der Waals surface area contributed by atoms with Crippen molar-refractivity contribution in [1.29, 1.82) is 0 Å². The maximum atomic E-state index is 12.3. The molecule has 1 aliphatic rings. The summed E-state index contributed by atoms with van der Waals surface area (Å²) in [7, 11) is 0. The molecular weight excluding hydrogens is 330 g/mol. The number of nitrogens with one attached hydrogen (secondary N) is 1. The summed E-state index contributed by atoms with van der Waals surface area (Å²) in [5, 5.41) is 12.5. The highest BCUT2D eigenvalue weighted by atomic mass is 32.1. The van der Waals surface area contributed by atoms with Crippen LogP contribution in [0.1, 0.15) is 53.9 Å². The van der Waals surface area contributed by atoms with Gasteiger partial charge in [-0.15, -0.1) is 11.3 Å². The van der Waals surface area contributed by atoms with Crippen LogP contribution in [0.3, 0.4) is 0 Å². The van der Waals surface area contributed by atoms with Crippen molar-refractivity contribution in [3.8, 4) is 0 Å². The van der Waals surface area contributed by atoms with Gasteiger partial charge in [0.1, 0.15) is 11.1 Å². The molecule has 1 amide bonds. The zero-order chi connectivity index (χ0) is 17.7. The van der Waals surface area contributed by atoms with E-state index in [4.69, 9.17) is 9.47 Å². The molecule has 0 spiro atoms. The SMILES string of the molecule is CCc1c(C)sc(NC(=O)C(C)OCC2CCCCO2)c1C(=O)O. The topological polar surface area (TPSA) is 84.9 Å². The Balaban J connectivity index is 1.97. The number of carbonyl (C=O) groups is 2. The van der Waals surface area contributed by atoms with Crippen LogP contribution in [-0.4, -0.2) is 42.4 Å². The molecular formula is C17H25NO5S. The van der Waals surface area contributed by atoms with Crippen LogP contribution in [0, 0.1) is 6.92 Å². The molecule has 1 aromatic heterocycles. The molecule has 2 heterocycles. The van der Waals surface area contributed by atoms with Gasteiger partial charge in [-0.2, -0.15) is 0 Å². The molecule has 1 aromatic rings. The van der Waals surface area contributed by atoms with Crippen LogP contribution in [0.15, 0.2) is 0 Å². The molecule has 2 unspecified atom stereocenters. The molecule has 2 N–H and O–H groups in total. The van der Waals surface area contributed by atoms with Gasteiger partial charge in [0.25, 0.3) is 5.91 Å². The molecule has 1 saturated heterocycles. The Kier molecular flexibility index (Phi) is 6.77. The molecule has 1 aliphatic heterocycles. The van der Waals surface area contributed by atoms with Gasteiger partial charge in [-0.05, 0) is 45.1 Å². The number of hydrogen-bond donors (Lipinski definition) is 2. The smallest absolute Gasteiger partial charge is 0.339 e. The average Bonchev–Trinajstić information content (AvgIpc) is 2.88. The van der Waals surface area contributed by atoms with Gasteiger partial charge in [0.05, 0.1) is 18.3 Å². The number of carboxylic acid groups (broad SMARTS) is 1. The predicted octanol–water partition coefficient (Wildman–Crippen LogP) is 3.23. The van der Waals surface area contributed by atoms with E-state index >= 15 is 0 Å². The lowest BCUT2D eigenvalue weighted by Gasteiger charge is -2.23. The molecule has 24 heavy (non-hydrogen) atoms. The molecule has 0 bridgehead atoms. The fourth-order valence-corrected chi connectivity index (χ4v) is 3.94. The number of aromatic carboxylic acids is 1. The first-order valence-electron chi connectivity index (χ1n) is 8.33. The van der Waals surface area contributed by atoms with Gasteiger partial charge < -0.3 is 19.9 Å². The van der Waals surface area contributed by atoms with Crippen LogP contribution in [-0.2, 0) is 20.7 Å². The third-order valence-corrected chi connectivity index (χ3v) is 5.25. The van der Waals surface area contributed by atoms with Crippen molar-refractivity contribution < 1.29 is 24.2 Å². The Labute approximate surface area is 146 Å². The summed E-state index contributed by atoms with van der Waals surface area (Å²) in [6.07, 6.45) is 3.13. The number of rotatable bonds is 7. The molecule has 2 atom stereocenters. The minimum absolute atomic E-state index is 0.0410. The van der Waals surface area contributed by atoms with E-state index in [1.807, 2.05) is 13.8 Å². The number of amides is 1. The molecule has 7 heteroatoms. The molecule has 1 fully saturated rings. The minimum atomic E-state index is -1.02. The molecule has 0 aromatic carbocycles. The molecule has 134 valence electrons. The highest BCUT2D eigenvalue weighted by Gasteiger charge is 2.24.